The van der Waals surface area contributed by atoms with Gasteiger partial charge in [-0.2, -0.15) is 0 Å². The van der Waals surface area contributed by atoms with Crippen LogP contribution in [-0.2, 0) is 11.3 Å². The molecule has 2 rings (SSSR count). The minimum atomic E-state index is -0.510. The van der Waals surface area contributed by atoms with Crippen molar-refractivity contribution in [2.45, 2.75) is 13.5 Å². The average molecular weight is 269 g/mol. The van der Waals surface area contributed by atoms with Gasteiger partial charge in [0.25, 0.3) is 0 Å². The smallest absolute Gasteiger partial charge is 0.380 e. The molecule has 0 aliphatic heterocycles. The molecule has 1 aromatic heterocycles. The molecule has 0 atom stereocenters. The highest BCUT2D eigenvalue weighted by atomic mass is 35.5. The SMILES string of the molecule is CCOCCn1c(-c2ccccc2Cl)noc1=O. The van der Waals surface area contributed by atoms with Gasteiger partial charge in [0.05, 0.1) is 18.2 Å². The van der Waals surface area contributed by atoms with Crippen molar-refractivity contribution in [3.63, 3.8) is 0 Å². The predicted molar refractivity (Wildman–Crippen MR) is 67.7 cm³/mol. The average Bonchev–Trinajstić information content (AvgIpc) is 2.72. The third-order valence-electron chi connectivity index (χ3n) is 2.46. The van der Waals surface area contributed by atoms with Gasteiger partial charge in [0, 0.05) is 12.2 Å². The maximum absolute atomic E-state index is 11.6. The van der Waals surface area contributed by atoms with E-state index in [1.54, 1.807) is 12.1 Å². The van der Waals surface area contributed by atoms with Crippen molar-refractivity contribution in [3.8, 4) is 11.4 Å². The highest BCUT2D eigenvalue weighted by molar-refractivity contribution is 6.33. The highest BCUT2D eigenvalue weighted by Crippen LogP contribution is 2.24. The lowest BCUT2D eigenvalue weighted by atomic mass is 10.2. The maximum atomic E-state index is 11.6. The minimum absolute atomic E-state index is 0.386. The maximum Gasteiger partial charge on any atom is 0.441 e. The van der Waals surface area contributed by atoms with E-state index < -0.39 is 5.76 Å². The summed E-state index contributed by atoms with van der Waals surface area (Å²) in [6.07, 6.45) is 0. The molecule has 0 bridgehead atoms. The van der Waals surface area contributed by atoms with E-state index in [0.717, 1.165) is 0 Å². The van der Waals surface area contributed by atoms with Gasteiger partial charge >= 0.3 is 5.76 Å². The number of halogens is 1. The van der Waals surface area contributed by atoms with Crippen LogP contribution >= 0.6 is 11.6 Å². The quantitative estimate of drug-likeness (QED) is 0.780. The predicted octanol–water partition coefficient (Wildman–Crippen LogP) is 2.19. The Morgan fingerprint density at radius 1 is 1.44 bits per heavy atom. The number of hydrogen-bond acceptors (Lipinski definition) is 4. The lowest BCUT2D eigenvalue weighted by molar-refractivity contribution is 0.137. The first-order valence-corrected chi connectivity index (χ1v) is 6.01. The molecule has 0 aliphatic rings. The zero-order valence-corrected chi connectivity index (χ0v) is 10.7. The van der Waals surface area contributed by atoms with Crippen molar-refractivity contribution in [1.29, 1.82) is 0 Å². The van der Waals surface area contributed by atoms with Crippen LogP contribution < -0.4 is 5.76 Å². The van der Waals surface area contributed by atoms with Gasteiger partial charge in [0.15, 0.2) is 5.82 Å². The topological polar surface area (TPSA) is 57.3 Å². The second-order valence-electron chi connectivity index (χ2n) is 3.60. The Balaban J connectivity index is 2.34. The monoisotopic (exact) mass is 268 g/mol. The second kappa shape index (κ2) is 5.84. The largest absolute Gasteiger partial charge is 0.441 e. The minimum Gasteiger partial charge on any atom is -0.380 e. The van der Waals surface area contributed by atoms with Gasteiger partial charge in [0.2, 0.25) is 0 Å². The van der Waals surface area contributed by atoms with Gasteiger partial charge in [-0.1, -0.05) is 28.9 Å². The summed E-state index contributed by atoms with van der Waals surface area (Å²) in [4.78, 5) is 11.6. The van der Waals surface area contributed by atoms with E-state index in [1.165, 1.54) is 4.57 Å². The fourth-order valence-electron chi connectivity index (χ4n) is 1.60. The van der Waals surface area contributed by atoms with Crippen molar-refractivity contribution in [3.05, 3.63) is 39.8 Å². The molecule has 0 aliphatic carbocycles. The van der Waals surface area contributed by atoms with E-state index >= 15 is 0 Å². The molecule has 0 N–H and O–H groups in total. The molecule has 6 heteroatoms. The zero-order chi connectivity index (χ0) is 13.0. The Morgan fingerprint density at radius 3 is 2.94 bits per heavy atom. The first-order chi connectivity index (χ1) is 8.74. The van der Waals surface area contributed by atoms with E-state index in [0.29, 0.717) is 36.2 Å². The van der Waals surface area contributed by atoms with Crippen LogP contribution in [0.3, 0.4) is 0 Å². The molecule has 0 fully saturated rings. The van der Waals surface area contributed by atoms with Crippen LogP contribution in [0.5, 0.6) is 0 Å². The second-order valence-corrected chi connectivity index (χ2v) is 4.01. The summed E-state index contributed by atoms with van der Waals surface area (Å²) in [5, 5.41) is 4.29. The van der Waals surface area contributed by atoms with Crippen LogP contribution in [0.1, 0.15) is 6.92 Å². The van der Waals surface area contributed by atoms with E-state index in [9.17, 15) is 4.79 Å². The van der Waals surface area contributed by atoms with Gasteiger partial charge in [-0.3, -0.25) is 9.09 Å². The van der Waals surface area contributed by atoms with Crippen molar-refractivity contribution in [1.82, 2.24) is 9.72 Å². The van der Waals surface area contributed by atoms with Crippen molar-refractivity contribution >= 4 is 11.6 Å². The van der Waals surface area contributed by atoms with E-state index in [2.05, 4.69) is 9.68 Å². The van der Waals surface area contributed by atoms with Crippen molar-refractivity contribution < 1.29 is 9.26 Å². The first kappa shape index (κ1) is 12.9. The lowest BCUT2D eigenvalue weighted by Gasteiger charge is -2.05. The number of nitrogens with zero attached hydrogens (tertiary/aromatic N) is 2. The fourth-order valence-corrected chi connectivity index (χ4v) is 1.82. The number of aromatic nitrogens is 2. The van der Waals surface area contributed by atoms with Gasteiger partial charge < -0.3 is 4.74 Å². The summed E-state index contributed by atoms with van der Waals surface area (Å²) >= 11 is 6.07. The molecule has 0 spiro atoms. The lowest BCUT2D eigenvalue weighted by Crippen LogP contribution is -2.18. The molecule has 0 saturated carbocycles. The number of hydrogen-bond donors (Lipinski definition) is 0. The molecule has 0 amide bonds. The van der Waals surface area contributed by atoms with Crippen molar-refractivity contribution in [2.24, 2.45) is 0 Å². The third kappa shape index (κ3) is 2.63. The molecule has 5 nitrogen and oxygen atoms in total. The first-order valence-electron chi connectivity index (χ1n) is 5.63. The highest BCUT2D eigenvalue weighted by Gasteiger charge is 2.14. The summed E-state index contributed by atoms with van der Waals surface area (Å²) < 4.78 is 11.3. The fraction of sp³-hybridized carbons (Fsp3) is 0.333. The zero-order valence-electron chi connectivity index (χ0n) is 9.93. The van der Waals surface area contributed by atoms with E-state index in [4.69, 9.17) is 16.3 Å². The van der Waals surface area contributed by atoms with Crippen LogP contribution in [0.2, 0.25) is 5.02 Å². The van der Waals surface area contributed by atoms with Gasteiger partial charge in [0.1, 0.15) is 0 Å². The molecule has 96 valence electrons. The van der Waals surface area contributed by atoms with Gasteiger partial charge in [-0.25, -0.2) is 4.79 Å². The Morgan fingerprint density at radius 2 is 2.22 bits per heavy atom. The van der Waals surface area contributed by atoms with Crippen LogP contribution in [0.15, 0.2) is 33.6 Å². The molecule has 2 aromatic rings. The number of rotatable bonds is 5. The van der Waals surface area contributed by atoms with Crippen molar-refractivity contribution in [2.75, 3.05) is 13.2 Å². The number of ether oxygens (including phenoxy) is 1. The molecule has 18 heavy (non-hydrogen) atoms. The van der Waals surface area contributed by atoms with Gasteiger partial charge in [-0.15, -0.1) is 0 Å². The molecule has 1 aromatic carbocycles. The Hall–Kier alpha value is -1.59. The Labute approximate surface area is 109 Å². The summed E-state index contributed by atoms with van der Waals surface area (Å²) in [5.41, 5.74) is 0.668. The molecule has 1 heterocycles. The molecule has 0 unspecified atom stereocenters. The summed E-state index contributed by atoms with van der Waals surface area (Å²) in [6, 6.07) is 7.17. The molecular weight excluding hydrogens is 256 g/mol. The molecule has 0 saturated heterocycles. The van der Waals surface area contributed by atoms with E-state index in [1.807, 2.05) is 19.1 Å². The van der Waals surface area contributed by atoms with E-state index in [-0.39, 0.29) is 0 Å². The number of benzene rings is 1. The van der Waals surface area contributed by atoms with Crippen LogP contribution in [0, 0.1) is 0 Å². The van der Waals surface area contributed by atoms with Gasteiger partial charge in [-0.05, 0) is 19.1 Å². The summed E-state index contributed by atoms with van der Waals surface area (Å²) in [5.74, 6) is -0.0880. The molecular formula is C12H13ClN2O3. The van der Waals surface area contributed by atoms with Crippen LogP contribution in [-0.4, -0.2) is 22.9 Å². The van der Waals surface area contributed by atoms with Crippen LogP contribution in [0.25, 0.3) is 11.4 Å². The Kier molecular flexibility index (Phi) is 4.17. The summed E-state index contributed by atoms with van der Waals surface area (Å²) in [7, 11) is 0. The van der Waals surface area contributed by atoms with Crippen LogP contribution in [0.4, 0.5) is 0 Å². The normalized spacial score (nSPS) is 10.8. The molecule has 0 radical (unpaired) electrons. The Bertz CT molecular complexity index is 577. The standard InChI is InChI=1S/C12H13ClN2O3/c1-2-17-8-7-15-11(14-18-12(15)16)9-5-3-4-6-10(9)13/h3-6H,2,7-8H2,1H3. The third-order valence-corrected chi connectivity index (χ3v) is 2.79. The summed E-state index contributed by atoms with van der Waals surface area (Å²) in [6.45, 7) is 3.30.